The summed E-state index contributed by atoms with van der Waals surface area (Å²) in [5, 5.41) is 4.63. The van der Waals surface area contributed by atoms with E-state index in [4.69, 9.17) is 21.3 Å². The Labute approximate surface area is 177 Å². The van der Waals surface area contributed by atoms with Crippen molar-refractivity contribution in [2.24, 2.45) is 0 Å². The summed E-state index contributed by atoms with van der Waals surface area (Å²) in [5.41, 5.74) is -1.09. The van der Waals surface area contributed by atoms with Gasteiger partial charge >= 0.3 is 12.1 Å². The molecular formula is C22H28NO4PS. The molecule has 2 aromatic carbocycles. The smallest absolute Gasteiger partial charge is 0.408 e. The van der Waals surface area contributed by atoms with Crippen molar-refractivity contribution in [1.82, 2.24) is 5.32 Å². The van der Waals surface area contributed by atoms with Gasteiger partial charge in [-0.05, 0) is 31.4 Å². The number of rotatable bonds is 6. The van der Waals surface area contributed by atoms with Crippen molar-refractivity contribution in [3.05, 3.63) is 60.7 Å². The lowest BCUT2D eigenvalue weighted by Gasteiger charge is -2.34. The molecule has 0 spiro atoms. The molecule has 0 saturated carbocycles. The fourth-order valence-corrected chi connectivity index (χ4v) is 7.25. The fraction of sp³-hybridized carbons (Fsp3) is 0.364. The van der Waals surface area contributed by atoms with Gasteiger partial charge in [0, 0.05) is 11.7 Å². The molecule has 0 fully saturated rings. The standard InChI is InChI=1S/C22H28NO4PS/c1-16(19(20(24)26-5)23-21(25)27-22(2,3)4)28(29,17-12-8-6-9-13-17)18-14-10-7-11-15-18/h6-16,19H,1-5H3,(H,23,25)/t16?,19-/m1/s1. The van der Waals surface area contributed by atoms with Crippen LogP contribution in [-0.2, 0) is 26.1 Å². The highest BCUT2D eigenvalue weighted by Crippen LogP contribution is 2.50. The Balaban J connectivity index is 2.51. The summed E-state index contributed by atoms with van der Waals surface area (Å²) in [6.07, 6.45) is -0.678. The Morgan fingerprint density at radius 1 is 0.966 bits per heavy atom. The zero-order chi connectivity index (χ0) is 21.7. The van der Waals surface area contributed by atoms with Gasteiger partial charge in [0.1, 0.15) is 11.6 Å². The quantitative estimate of drug-likeness (QED) is 0.557. The SMILES string of the molecule is COC(=O)[C@H](NC(=O)OC(C)(C)C)C(C)P(=S)(c1ccccc1)c1ccccc1. The molecule has 0 aliphatic heterocycles. The summed E-state index contributed by atoms with van der Waals surface area (Å²) in [4.78, 5) is 25.1. The molecule has 1 N–H and O–H groups in total. The number of nitrogens with one attached hydrogen (secondary N) is 1. The Morgan fingerprint density at radius 3 is 1.79 bits per heavy atom. The molecule has 0 bridgehead atoms. The van der Waals surface area contributed by atoms with Crippen LogP contribution in [0.3, 0.4) is 0 Å². The third kappa shape index (κ3) is 5.68. The van der Waals surface area contributed by atoms with E-state index in [9.17, 15) is 9.59 Å². The summed E-state index contributed by atoms with van der Waals surface area (Å²) in [6.45, 7) is 7.18. The molecule has 0 heterocycles. The topological polar surface area (TPSA) is 64.6 Å². The first-order valence-corrected chi connectivity index (χ1v) is 12.2. The van der Waals surface area contributed by atoms with Gasteiger partial charge in [-0.15, -0.1) is 0 Å². The first kappa shape index (κ1) is 23.1. The normalized spacial score (nSPS) is 13.8. The molecule has 0 aliphatic carbocycles. The number of amides is 1. The van der Waals surface area contributed by atoms with E-state index in [1.54, 1.807) is 20.8 Å². The number of methoxy groups -OCH3 is 1. The van der Waals surface area contributed by atoms with Crippen LogP contribution in [0.25, 0.3) is 0 Å². The summed E-state index contributed by atoms with van der Waals surface area (Å²) in [6, 6.07) is 16.1. The second-order valence-electron chi connectivity index (χ2n) is 7.72. The number of benzene rings is 2. The highest BCUT2D eigenvalue weighted by atomic mass is 32.4. The molecule has 5 nitrogen and oxygen atoms in total. The van der Waals surface area contributed by atoms with Gasteiger partial charge in [0.05, 0.1) is 7.11 Å². The van der Waals surface area contributed by atoms with Crippen LogP contribution >= 0.6 is 6.04 Å². The van der Waals surface area contributed by atoms with E-state index in [2.05, 4.69) is 5.32 Å². The van der Waals surface area contributed by atoms with Crippen LogP contribution < -0.4 is 15.9 Å². The maximum atomic E-state index is 12.6. The lowest BCUT2D eigenvalue weighted by atomic mass is 10.2. The van der Waals surface area contributed by atoms with Gasteiger partial charge in [0.15, 0.2) is 0 Å². The van der Waals surface area contributed by atoms with Crippen LogP contribution in [0, 0.1) is 0 Å². The van der Waals surface area contributed by atoms with Crippen LogP contribution in [-0.4, -0.2) is 36.5 Å². The highest BCUT2D eigenvalue weighted by Gasteiger charge is 2.40. The van der Waals surface area contributed by atoms with Crippen molar-refractivity contribution in [3.63, 3.8) is 0 Å². The second kappa shape index (κ2) is 9.55. The van der Waals surface area contributed by atoms with Crippen molar-refractivity contribution >= 4 is 40.5 Å². The number of ether oxygens (including phenoxy) is 2. The molecule has 0 saturated heterocycles. The van der Waals surface area contributed by atoms with Crippen molar-refractivity contribution in [2.45, 2.75) is 45.0 Å². The van der Waals surface area contributed by atoms with E-state index in [0.29, 0.717) is 0 Å². The summed E-state index contributed by atoms with van der Waals surface area (Å²) in [7, 11) is 1.30. The van der Waals surface area contributed by atoms with Crippen LogP contribution in [0.15, 0.2) is 60.7 Å². The maximum Gasteiger partial charge on any atom is 0.408 e. The van der Waals surface area contributed by atoms with E-state index < -0.39 is 35.4 Å². The number of carbonyl (C=O) groups excluding carboxylic acids is 2. The average Bonchev–Trinajstić information content (AvgIpc) is 2.70. The minimum absolute atomic E-state index is 0.401. The minimum atomic E-state index is -2.48. The maximum absolute atomic E-state index is 12.6. The molecule has 0 radical (unpaired) electrons. The van der Waals surface area contributed by atoms with Crippen molar-refractivity contribution in [3.8, 4) is 0 Å². The van der Waals surface area contributed by atoms with E-state index in [1.807, 2.05) is 67.6 Å². The fourth-order valence-electron chi connectivity index (χ4n) is 3.07. The number of hydrogen-bond acceptors (Lipinski definition) is 5. The predicted molar refractivity (Wildman–Crippen MR) is 121 cm³/mol. The first-order chi connectivity index (χ1) is 13.6. The highest BCUT2D eigenvalue weighted by molar-refractivity contribution is 8.22. The lowest BCUT2D eigenvalue weighted by Crippen LogP contribution is -2.51. The molecule has 2 atom stereocenters. The summed E-state index contributed by atoms with van der Waals surface area (Å²) in [5.74, 6) is -0.551. The monoisotopic (exact) mass is 433 g/mol. The zero-order valence-electron chi connectivity index (χ0n) is 17.4. The van der Waals surface area contributed by atoms with E-state index in [-0.39, 0.29) is 0 Å². The number of alkyl carbamates (subject to hydrolysis) is 1. The Kier molecular flexibility index (Phi) is 7.61. The van der Waals surface area contributed by atoms with Gasteiger partial charge in [-0.2, -0.15) is 0 Å². The van der Waals surface area contributed by atoms with Gasteiger partial charge < -0.3 is 14.8 Å². The Hall–Kier alpha value is -2.17. The van der Waals surface area contributed by atoms with Crippen molar-refractivity contribution < 1.29 is 19.1 Å². The van der Waals surface area contributed by atoms with Crippen LogP contribution in [0.5, 0.6) is 0 Å². The van der Waals surface area contributed by atoms with Gasteiger partial charge in [0.25, 0.3) is 0 Å². The van der Waals surface area contributed by atoms with Crippen LogP contribution in [0.1, 0.15) is 27.7 Å². The molecule has 0 aliphatic rings. The molecule has 2 aromatic rings. The number of carbonyl (C=O) groups is 2. The van der Waals surface area contributed by atoms with E-state index >= 15 is 0 Å². The van der Waals surface area contributed by atoms with Crippen molar-refractivity contribution in [1.29, 1.82) is 0 Å². The predicted octanol–water partition coefficient (Wildman–Crippen LogP) is 3.57. The third-order valence-corrected chi connectivity index (χ3v) is 10.3. The molecule has 2 rings (SSSR count). The van der Waals surface area contributed by atoms with Crippen LogP contribution in [0.2, 0.25) is 0 Å². The van der Waals surface area contributed by atoms with Gasteiger partial charge in [-0.3, -0.25) is 0 Å². The van der Waals surface area contributed by atoms with Gasteiger partial charge in [0.2, 0.25) is 0 Å². The molecule has 156 valence electrons. The van der Waals surface area contributed by atoms with E-state index in [0.717, 1.165) is 10.6 Å². The lowest BCUT2D eigenvalue weighted by molar-refractivity contribution is -0.143. The zero-order valence-corrected chi connectivity index (χ0v) is 19.1. The summed E-state index contributed by atoms with van der Waals surface area (Å²) < 4.78 is 10.4. The van der Waals surface area contributed by atoms with Gasteiger partial charge in [-0.25, -0.2) is 9.59 Å². The van der Waals surface area contributed by atoms with E-state index in [1.165, 1.54) is 7.11 Å². The Bertz CT molecular complexity index is 837. The van der Waals surface area contributed by atoms with Crippen LogP contribution in [0.4, 0.5) is 4.79 Å². The first-order valence-electron chi connectivity index (χ1n) is 9.38. The number of hydrogen-bond donors (Lipinski definition) is 1. The molecule has 1 amide bonds. The molecular weight excluding hydrogens is 405 g/mol. The van der Waals surface area contributed by atoms with Crippen molar-refractivity contribution in [2.75, 3.05) is 7.11 Å². The molecule has 7 heteroatoms. The largest absolute Gasteiger partial charge is 0.467 e. The molecule has 29 heavy (non-hydrogen) atoms. The average molecular weight is 434 g/mol. The third-order valence-electron chi connectivity index (χ3n) is 4.46. The Morgan fingerprint density at radius 2 is 1.41 bits per heavy atom. The molecule has 0 aromatic heterocycles. The minimum Gasteiger partial charge on any atom is -0.467 e. The summed E-state index contributed by atoms with van der Waals surface area (Å²) >= 11 is 6.27. The molecule has 1 unspecified atom stereocenters. The van der Waals surface area contributed by atoms with Gasteiger partial charge in [-0.1, -0.05) is 79.4 Å². The second-order valence-corrected chi connectivity index (χ2v) is 12.6. The number of esters is 1.